The summed E-state index contributed by atoms with van der Waals surface area (Å²) in [5, 5.41) is 13.3. The molecule has 130 valence electrons. The van der Waals surface area contributed by atoms with Crippen LogP contribution in [0.5, 0.6) is 0 Å². The number of nitrogens with two attached hydrogens (primary N) is 1. The van der Waals surface area contributed by atoms with Crippen LogP contribution in [0.1, 0.15) is 16.7 Å². The van der Waals surface area contributed by atoms with Crippen molar-refractivity contribution in [2.24, 2.45) is 5.73 Å². The highest BCUT2D eigenvalue weighted by molar-refractivity contribution is 7.15. The zero-order valence-electron chi connectivity index (χ0n) is 12.5. The van der Waals surface area contributed by atoms with Gasteiger partial charge in [-0.05, 0) is 11.1 Å². The summed E-state index contributed by atoms with van der Waals surface area (Å²) in [7, 11) is 0. The van der Waals surface area contributed by atoms with Crippen molar-refractivity contribution in [2.45, 2.75) is 23.5 Å². The van der Waals surface area contributed by atoms with Crippen molar-refractivity contribution >= 4 is 40.4 Å². The van der Waals surface area contributed by atoms with E-state index in [9.17, 15) is 14.3 Å². The number of hydrogen-bond donors (Lipinski definition) is 3. The molecule has 24 heavy (non-hydrogen) atoms. The molecule has 4 N–H and O–H groups in total. The van der Waals surface area contributed by atoms with Crippen LogP contribution in [0.25, 0.3) is 10.4 Å². The first-order valence-electron chi connectivity index (χ1n) is 7.04. The quantitative estimate of drug-likeness (QED) is 0.632. The maximum atomic E-state index is 13.1. The number of nitrogens with zero attached hydrogens (tertiary/aromatic N) is 1. The highest BCUT2D eigenvalue weighted by Gasteiger charge is 2.25. The number of thiazole rings is 1. The molecule has 5 nitrogen and oxygen atoms in total. The van der Waals surface area contributed by atoms with Crippen molar-refractivity contribution in [1.29, 1.82) is 0 Å². The van der Waals surface area contributed by atoms with E-state index < -0.39 is 29.6 Å². The topological polar surface area (TPSA) is 88.2 Å². The monoisotopic (exact) mass is 391 g/mol. The molecule has 1 aromatic heterocycles. The van der Waals surface area contributed by atoms with Gasteiger partial charge in [0.1, 0.15) is 17.8 Å². The Morgan fingerprint density at radius 3 is 2.54 bits per heavy atom. The molecule has 0 saturated carbocycles. The molecule has 0 spiro atoms. The Kier molecular flexibility index (Phi) is 6.94. The number of nitrogens with one attached hydrogen (secondary N) is 1. The van der Waals surface area contributed by atoms with Crippen LogP contribution in [0.4, 0.5) is 4.39 Å². The van der Waals surface area contributed by atoms with E-state index in [2.05, 4.69) is 10.3 Å². The SMILES string of the molecule is NCc1ncc(-c2ccc(C(O)C(CF)NC(=O)C(Cl)Cl)cc2)s1. The Morgan fingerprint density at radius 2 is 2.04 bits per heavy atom. The van der Waals surface area contributed by atoms with Gasteiger partial charge < -0.3 is 16.2 Å². The van der Waals surface area contributed by atoms with Gasteiger partial charge in [-0.15, -0.1) is 11.3 Å². The molecule has 1 amide bonds. The summed E-state index contributed by atoms with van der Waals surface area (Å²) < 4.78 is 13.1. The second kappa shape index (κ2) is 8.73. The van der Waals surface area contributed by atoms with E-state index in [-0.39, 0.29) is 0 Å². The molecule has 0 aliphatic heterocycles. The van der Waals surface area contributed by atoms with E-state index in [0.29, 0.717) is 12.1 Å². The molecule has 0 fully saturated rings. The molecule has 2 unspecified atom stereocenters. The maximum absolute atomic E-state index is 13.1. The Bertz CT molecular complexity index is 682. The van der Waals surface area contributed by atoms with Gasteiger partial charge in [-0.3, -0.25) is 4.79 Å². The molecular formula is C15H16Cl2FN3O2S. The summed E-state index contributed by atoms with van der Waals surface area (Å²) in [6.45, 7) is -0.578. The third-order valence-corrected chi connectivity index (χ3v) is 4.80. The largest absolute Gasteiger partial charge is 0.386 e. The lowest BCUT2D eigenvalue weighted by molar-refractivity contribution is -0.121. The van der Waals surface area contributed by atoms with E-state index in [4.69, 9.17) is 28.9 Å². The average Bonchev–Trinajstić information content (AvgIpc) is 3.08. The summed E-state index contributed by atoms with van der Waals surface area (Å²) in [5.74, 6) is -0.754. The summed E-state index contributed by atoms with van der Waals surface area (Å²) in [6.07, 6.45) is 0.505. The first kappa shape index (κ1) is 19.1. The fraction of sp³-hybridized carbons (Fsp3) is 0.333. The van der Waals surface area contributed by atoms with Gasteiger partial charge in [0.2, 0.25) is 0 Å². The van der Waals surface area contributed by atoms with Crippen molar-refractivity contribution in [3.8, 4) is 10.4 Å². The Balaban J connectivity index is 2.12. The third kappa shape index (κ3) is 4.64. The minimum atomic E-state index is -1.32. The molecule has 1 heterocycles. The molecule has 0 aliphatic carbocycles. The molecule has 0 radical (unpaired) electrons. The average molecular weight is 392 g/mol. The van der Waals surface area contributed by atoms with Gasteiger partial charge in [0.25, 0.3) is 5.91 Å². The second-order valence-electron chi connectivity index (χ2n) is 4.96. The molecule has 2 aromatic rings. The molecule has 0 saturated heterocycles. The fourth-order valence-corrected chi connectivity index (χ4v) is 2.99. The lowest BCUT2D eigenvalue weighted by atomic mass is 10.0. The van der Waals surface area contributed by atoms with Crippen molar-refractivity contribution in [1.82, 2.24) is 10.3 Å². The lowest BCUT2D eigenvalue weighted by Gasteiger charge is -2.22. The molecule has 0 bridgehead atoms. The molecule has 0 aliphatic rings. The van der Waals surface area contributed by atoms with Gasteiger partial charge >= 0.3 is 0 Å². The number of halogens is 3. The summed E-state index contributed by atoms with van der Waals surface area (Å²) in [6, 6.07) is 5.77. The highest BCUT2D eigenvalue weighted by Crippen LogP contribution is 2.28. The smallest absolute Gasteiger partial charge is 0.253 e. The normalized spacial score (nSPS) is 13.8. The van der Waals surface area contributed by atoms with Crippen molar-refractivity contribution in [3.05, 3.63) is 41.0 Å². The summed E-state index contributed by atoms with van der Waals surface area (Å²) >= 11 is 12.3. The molecule has 2 rings (SSSR count). The number of aliphatic hydroxyl groups excluding tert-OH is 1. The minimum Gasteiger partial charge on any atom is -0.386 e. The van der Waals surface area contributed by atoms with Gasteiger partial charge in [0.05, 0.1) is 10.9 Å². The van der Waals surface area contributed by atoms with Crippen molar-refractivity contribution < 1.29 is 14.3 Å². The number of aliphatic hydroxyl groups is 1. The van der Waals surface area contributed by atoms with E-state index >= 15 is 0 Å². The van der Waals surface area contributed by atoms with Crippen LogP contribution in [0, 0.1) is 0 Å². The van der Waals surface area contributed by atoms with Crippen molar-refractivity contribution in [2.75, 3.05) is 6.67 Å². The van der Waals surface area contributed by atoms with Crippen LogP contribution in [0.2, 0.25) is 0 Å². The number of alkyl halides is 3. The summed E-state index contributed by atoms with van der Waals surface area (Å²) in [4.78, 5) is 15.3. The van der Waals surface area contributed by atoms with Gasteiger partial charge in [-0.1, -0.05) is 47.5 Å². The lowest BCUT2D eigenvalue weighted by Crippen LogP contribution is -2.43. The number of carbonyl (C=O) groups excluding carboxylic acids is 1. The maximum Gasteiger partial charge on any atom is 0.253 e. The number of amides is 1. The standard InChI is InChI=1S/C15H16Cl2FN3O2S/c16-14(17)15(23)21-10(5-18)13(22)9-3-1-8(2-4-9)11-7-20-12(6-19)24-11/h1-4,7,10,13-14,22H,5-6,19H2,(H,21,23). The minimum absolute atomic E-state index is 0.376. The van der Waals surface area contributed by atoms with Crippen molar-refractivity contribution in [3.63, 3.8) is 0 Å². The Labute approximate surface area is 152 Å². The number of carbonyl (C=O) groups is 1. The predicted molar refractivity (Wildman–Crippen MR) is 93.8 cm³/mol. The number of benzene rings is 1. The fourth-order valence-electron chi connectivity index (χ4n) is 2.06. The van der Waals surface area contributed by atoms with E-state index in [1.807, 2.05) is 0 Å². The Hall–Kier alpha value is -1.25. The molecular weight excluding hydrogens is 376 g/mol. The number of hydrogen-bond acceptors (Lipinski definition) is 5. The van der Waals surface area contributed by atoms with E-state index in [0.717, 1.165) is 15.4 Å². The van der Waals surface area contributed by atoms with Gasteiger partial charge in [0, 0.05) is 12.7 Å². The predicted octanol–water partition coefficient (Wildman–Crippen LogP) is 2.56. The van der Waals surface area contributed by atoms with Crippen LogP contribution in [0.3, 0.4) is 0 Å². The number of aromatic nitrogens is 1. The van der Waals surface area contributed by atoms with Crippen LogP contribution in [0.15, 0.2) is 30.5 Å². The van der Waals surface area contributed by atoms with E-state index in [1.165, 1.54) is 11.3 Å². The second-order valence-corrected chi connectivity index (χ2v) is 7.17. The zero-order chi connectivity index (χ0) is 17.7. The first-order valence-corrected chi connectivity index (χ1v) is 8.72. The Morgan fingerprint density at radius 1 is 1.38 bits per heavy atom. The van der Waals surface area contributed by atoms with Crippen LogP contribution in [-0.4, -0.2) is 33.6 Å². The first-order chi connectivity index (χ1) is 11.5. The highest BCUT2D eigenvalue weighted by atomic mass is 35.5. The van der Waals surface area contributed by atoms with Gasteiger partial charge in [-0.25, -0.2) is 9.37 Å². The molecule has 2 atom stereocenters. The molecule has 1 aromatic carbocycles. The van der Waals surface area contributed by atoms with Gasteiger partial charge in [-0.2, -0.15) is 0 Å². The number of rotatable bonds is 7. The van der Waals surface area contributed by atoms with Gasteiger partial charge in [0.15, 0.2) is 4.84 Å². The zero-order valence-corrected chi connectivity index (χ0v) is 14.8. The van der Waals surface area contributed by atoms with Crippen LogP contribution in [-0.2, 0) is 11.3 Å². The molecule has 9 heteroatoms. The van der Waals surface area contributed by atoms with Crippen LogP contribution >= 0.6 is 34.5 Å². The third-order valence-electron chi connectivity index (χ3n) is 3.34. The summed E-state index contributed by atoms with van der Waals surface area (Å²) in [5.41, 5.74) is 6.91. The van der Waals surface area contributed by atoms with E-state index in [1.54, 1.807) is 30.5 Å². The van der Waals surface area contributed by atoms with Crippen LogP contribution < -0.4 is 11.1 Å².